The second-order valence-corrected chi connectivity index (χ2v) is 10.9. The molecule has 0 spiro atoms. The number of para-hydroxylation sites is 4. The van der Waals surface area contributed by atoms with Gasteiger partial charge in [0.1, 0.15) is 5.82 Å². The lowest BCUT2D eigenvalue weighted by Crippen LogP contribution is -2.04. The van der Waals surface area contributed by atoms with Gasteiger partial charge in [0.05, 0.1) is 33.4 Å². The van der Waals surface area contributed by atoms with E-state index in [9.17, 15) is 0 Å². The molecule has 0 atom stereocenters. The maximum absolute atomic E-state index is 5.22. The summed E-state index contributed by atoms with van der Waals surface area (Å²) in [5.41, 5.74) is 8.35. The van der Waals surface area contributed by atoms with E-state index in [4.69, 9.17) is 9.97 Å². The van der Waals surface area contributed by atoms with E-state index in [0.29, 0.717) is 5.82 Å². The molecule has 9 rings (SSSR count). The summed E-state index contributed by atoms with van der Waals surface area (Å²) in [6.45, 7) is 0. The number of rotatable bonds is 4. The normalized spacial score (nSPS) is 11.6. The van der Waals surface area contributed by atoms with Crippen LogP contribution in [0.15, 0.2) is 152 Å². The third-order valence-electron chi connectivity index (χ3n) is 8.45. The van der Waals surface area contributed by atoms with Crippen LogP contribution < -0.4 is 0 Å². The van der Waals surface area contributed by atoms with Crippen molar-refractivity contribution in [2.45, 2.75) is 0 Å². The molecule has 4 heterocycles. The Labute approximate surface area is 253 Å². The fourth-order valence-electron chi connectivity index (χ4n) is 6.53. The molecule has 0 saturated heterocycles. The van der Waals surface area contributed by atoms with Crippen LogP contribution in [-0.4, -0.2) is 24.1 Å². The van der Waals surface area contributed by atoms with Crippen molar-refractivity contribution in [2.75, 3.05) is 0 Å². The van der Waals surface area contributed by atoms with Crippen LogP contribution in [0.4, 0.5) is 0 Å². The third-order valence-corrected chi connectivity index (χ3v) is 8.45. The van der Waals surface area contributed by atoms with Gasteiger partial charge in [0, 0.05) is 51.1 Å². The molecule has 4 aromatic heterocycles. The van der Waals surface area contributed by atoms with Gasteiger partial charge >= 0.3 is 0 Å². The molecule has 0 bridgehead atoms. The smallest absolute Gasteiger partial charge is 0.162 e. The molecule has 0 saturated carbocycles. The zero-order chi connectivity index (χ0) is 29.0. The van der Waals surface area contributed by atoms with Crippen LogP contribution in [0.25, 0.3) is 77.8 Å². The molecule has 0 aliphatic carbocycles. The zero-order valence-electron chi connectivity index (χ0n) is 23.7. The lowest BCUT2D eigenvalue weighted by Gasteiger charge is -2.16. The van der Waals surface area contributed by atoms with Crippen molar-refractivity contribution in [3.63, 3.8) is 0 Å². The minimum Gasteiger partial charge on any atom is -0.308 e. The van der Waals surface area contributed by atoms with Gasteiger partial charge in [0.25, 0.3) is 0 Å². The van der Waals surface area contributed by atoms with Gasteiger partial charge < -0.3 is 4.57 Å². The molecule has 0 aliphatic heterocycles. The quantitative estimate of drug-likeness (QED) is 0.214. The van der Waals surface area contributed by atoms with E-state index in [2.05, 4.69) is 135 Å². The molecule has 5 nitrogen and oxygen atoms in total. The Hall–Kier alpha value is -6.07. The standard InChI is InChI=1S/C39H25N5/c1-2-12-26(13-3-1)39-41-32(24-38(42-39)44-34-19-9-4-14-27(34)28-15-5-10-20-35(28)44)30-17-7-11-21-36(30)43-33-18-8-6-16-29(33)31-25-40-23-22-37(31)43/h1-25H. The van der Waals surface area contributed by atoms with Crippen LogP contribution in [0.3, 0.4) is 0 Å². The Bertz CT molecular complexity index is 2400. The SMILES string of the molecule is c1ccc(-c2nc(-c3ccccc3-n3c4ccccc4c4cnccc43)cc(-n3c4ccccc4c4ccccc43)n2)cc1. The average molecular weight is 564 g/mol. The van der Waals surface area contributed by atoms with E-state index in [1.807, 2.05) is 30.6 Å². The molecule has 0 aliphatic rings. The lowest BCUT2D eigenvalue weighted by molar-refractivity contribution is 1.04. The van der Waals surface area contributed by atoms with E-state index in [0.717, 1.165) is 55.8 Å². The van der Waals surface area contributed by atoms with Gasteiger partial charge in [-0.05, 0) is 30.3 Å². The molecule has 0 unspecified atom stereocenters. The highest BCUT2D eigenvalue weighted by Gasteiger charge is 2.19. The highest BCUT2D eigenvalue weighted by atomic mass is 15.1. The van der Waals surface area contributed by atoms with Gasteiger partial charge in [-0.15, -0.1) is 0 Å². The van der Waals surface area contributed by atoms with Gasteiger partial charge in [-0.1, -0.05) is 103 Å². The minimum absolute atomic E-state index is 0.682. The maximum Gasteiger partial charge on any atom is 0.162 e. The number of fused-ring (bicyclic) bond motifs is 6. The summed E-state index contributed by atoms with van der Waals surface area (Å²) in [7, 11) is 0. The van der Waals surface area contributed by atoms with Gasteiger partial charge in [-0.2, -0.15) is 0 Å². The largest absolute Gasteiger partial charge is 0.308 e. The molecule has 0 N–H and O–H groups in total. The second-order valence-electron chi connectivity index (χ2n) is 10.9. The van der Waals surface area contributed by atoms with E-state index in [1.54, 1.807) is 0 Å². The fourth-order valence-corrected chi connectivity index (χ4v) is 6.53. The highest BCUT2D eigenvalue weighted by molar-refractivity contribution is 6.10. The van der Waals surface area contributed by atoms with Crippen molar-refractivity contribution < 1.29 is 0 Å². The number of aromatic nitrogens is 5. The van der Waals surface area contributed by atoms with Gasteiger partial charge in [-0.3, -0.25) is 9.55 Å². The van der Waals surface area contributed by atoms with Crippen LogP contribution in [-0.2, 0) is 0 Å². The number of nitrogens with zero attached hydrogens (tertiary/aromatic N) is 5. The third kappa shape index (κ3) is 3.69. The topological polar surface area (TPSA) is 48.5 Å². The number of pyridine rings is 1. The van der Waals surface area contributed by atoms with E-state index >= 15 is 0 Å². The predicted molar refractivity (Wildman–Crippen MR) is 179 cm³/mol. The lowest BCUT2D eigenvalue weighted by atomic mass is 10.1. The van der Waals surface area contributed by atoms with Crippen molar-refractivity contribution in [3.05, 3.63) is 152 Å². The number of hydrogen-bond acceptors (Lipinski definition) is 3. The van der Waals surface area contributed by atoms with Crippen LogP contribution in [0.5, 0.6) is 0 Å². The first kappa shape index (κ1) is 24.5. The summed E-state index contributed by atoms with van der Waals surface area (Å²) in [4.78, 5) is 14.9. The van der Waals surface area contributed by atoms with Crippen molar-refractivity contribution in [1.29, 1.82) is 0 Å². The van der Waals surface area contributed by atoms with Crippen molar-refractivity contribution in [3.8, 4) is 34.2 Å². The molecule has 44 heavy (non-hydrogen) atoms. The first-order valence-corrected chi connectivity index (χ1v) is 14.7. The molecule has 0 fully saturated rings. The summed E-state index contributed by atoms with van der Waals surface area (Å²) >= 11 is 0. The predicted octanol–water partition coefficient (Wildman–Crippen LogP) is 9.40. The second kappa shape index (κ2) is 9.75. The molecule has 5 aromatic carbocycles. The van der Waals surface area contributed by atoms with Crippen LogP contribution in [0, 0.1) is 0 Å². The molecular weight excluding hydrogens is 538 g/mol. The summed E-state index contributed by atoms with van der Waals surface area (Å²) in [5, 5.41) is 4.69. The van der Waals surface area contributed by atoms with Crippen LogP contribution in [0.1, 0.15) is 0 Å². The van der Waals surface area contributed by atoms with Gasteiger partial charge in [0.2, 0.25) is 0 Å². The summed E-state index contributed by atoms with van der Waals surface area (Å²) in [5.74, 6) is 1.51. The first-order chi connectivity index (χ1) is 21.8. The Morgan fingerprint density at radius 1 is 0.455 bits per heavy atom. The Kier molecular flexibility index (Phi) is 5.43. The zero-order valence-corrected chi connectivity index (χ0v) is 23.7. The van der Waals surface area contributed by atoms with Crippen molar-refractivity contribution in [1.82, 2.24) is 24.1 Å². The molecule has 206 valence electrons. The maximum atomic E-state index is 5.22. The van der Waals surface area contributed by atoms with Crippen LogP contribution >= 0.6 is 0 Å². The Balaban J connectivity index is 1.36. The molecule has 5 heteroatoms. The van der Waals surface area contributed by atoms with E-state index in [-0.39, 0.29) is 0 Å². The summed E-state index contributed by atoms with van der Waals surface area (Å²) < 4.78 is 4.59. The Morgan fingerprint density at radius 3 is 1.75 bits per heavy atom. The summed E-state index contributed by atoms with van der Waals surface area (Å²) in [6.07, 6.45) is 3.81. The van der Waals surface area contributed by atoms with Gasteiger partial charge in [-0.25, -0.2) is 9.97 Å². The Morgan fingerprint density at radius 2 is 1.02 bits per heavy atom. The number of benzene rings is 5. The molecule has 0 radical (unpaired) electrons. The molecular formula is C39H25N5. The monoisotopic (exact) mass is 563 g/mol. The highest BCUT2D eigenvalue weighted by Crippen LogP contribution is 2.37. The minimum atomic E-state index is 0.682. The van der Waals surface area contributed by atoms with Crippen molar-refractivity contribution >= 4 is 43.6 Å². The molecule has 0 amide bonds. The number of hydrogen-bond donors (Lipinski definition) is 0. The first-order valence-electron chi connectivity index (χ1n) is 14.7. The van der Waals surface area contributed by atoms with E-state index in [1.165, 1.54) is 16.2 Å². The van der Waals surface area contributed by atoms with Crippen molar-refractivity contribution in [2.24, 2.45) is 0 Å². The summed E-state index contributed by atoms with van der Waals surface area (Å²) in [6, 6.07) is 48.5. The van der Waals surface area contributed by atoms with E-state index < -0.39 is 0 Å². The fraction of sp³-hybridized carbons (Fsp3) is 0. The van der Waals surface area contributed by atoms with Gasteiger partial charge in [0.15, 0.2) is 5.82 Å². The average Bonchev–Trinajstić information content (AvgIpc) is 3.62. The van der Waals surface area contributed by atoms with Crippen LogP contribution in [0.2, 0.25) is 0 Å². The molecule has 9 aromatic rings.